The van der Waals surface area contributed by atoms with Gasteiger partial charge in [-0.15, -0.1) is 0 Å². The van der Waals surface area contributed by atoms with Crippen LogP contribution < -0.4 is 10.0 Å². The summed E-state index contributed by atoms with van der Waals surface area (Å²) in [7, 11) is -2.59. The average Bonchev–Trinajstić information content (AvgIpc) is 2.44. The second-order valence-corrected chi connectivity index (χ2v) is 6.77. The van der Waals surface area contributed by atoms with E-state index in [0.29, 0.717) is 0 Å². The number of nitrogens with one attached hydrogen (secondary N) is 2. The van der Waals surface area contributed by atoms with Crippen molar-refractivity contribution < 1.29 is 22.7 Å². The number of carbonyl (C=O) groups is 2. The standard InChI is InChI=1S/C12H15BrN2O5S/c1-8(12(17)20-2)15-11(16)7-14-21(18,19)10-5-3-9(13)4-6-10/h3-6,8,14H,7H2,1-2H3,(H,15,16). The summed E-state index contributed by atoms with van der Waals surface area (Å²) in [5.41, 5.74) is 0. The first-order chi connectivity index (χ1) is 9.76. The van der Waals surface area contributed by atoms with E-state index in [2.05, 4.69) is 30.7 Å². The van der Waals surface area contributed by atoms with Crippen LogP contribution >= 0.6 is 15.9 Å². The zero-order valence-corrected chi connectivity index (χ0v) is 13.8. The van der Waals surface area contributed by atoms with Crippen molar-refractivity contribution in [3.05, 3.63) is 28.7 Å². The third kappa shape index (κ3) is 5.44. The predicted molar refractivity (Wildman–Crippen MR) is 79.0 cm³/mol. The van der Waals surface area contributed by atoms with Gasteiger partial charge in [0.05, 0.1) is 18.6 Å². The summed E-state index contributed by atoms with van der Waals surface area (Å²) in [5, 5.41) is 2.32. The molecule has 0 aromatic heterocycles. The first-order valence-electron chi connectivity index (χ1n) is 5.88. The summed E-state index contributed by atoms with van der Waals surface area (Å²) in [6.45, 7) is 0.965. The van der Waals surface area contributed by atoms with Crippen LogP contribution in [0.2, 0.25) is 0 Å². The highest BCUT2D eigenvalue weighted by Crippen LogP contribution is 2.14. The van der Waals surface area contributed by atoms with Crippen molar-refractivity contribution in [2.45, 2.75) is 17.9 Å². The Bertz CT molecular complexity index is 615. The molecular weight excluding hydrogens is 364 g/mol. The van der Waals surface area contributed by atoms with Crippen LogP contribution in [-0.2, 0) is 24.3 Å². The third-order valence-electron chi connectivity index (χ3n) is 2.48. The summed E-state index contributed by atoms with van der Waals surface area (Å²) in [6, 6.07) is 5.12. The minimum atomic E-state index is -3.78. The van der Waals surface area contributed by atoms with E-state index in [1.54, 1.807) is 12.1 Å². The van der Waals surface area contributed by atoms with Gasteiger partial charge in [-0.1, -0.05) is 15.9 Å². The summed E-state index contributed by atoms with van der Waals surface area (Å²) >= 11 is 3.20. The molecule has 9 heteroatoms. The maximum absolute atomic E-state index is 11.9. The Morgan fingerprint density at radius 3 is 2.38 bits per heavy atom. The van der Waals surface area contributed by atoms with Gasteiger partial charge >= 0.3 is 5.97 Å². The molecule has 1 amide bonds. The summed E-state index contributed by atoms with van der Waals surface area (Å²) in [6.07, 6.45) is 0. The van der Waals surface area contributed by atoms with Gasteiger partial charge < -0.3 is 10.1 Å². The topological polar surface area (TPSA) is 102 Å². The fourth-order valence-corrected chi connectivity index (χ4v) is 2.63. The number of benzene rings is 1. The fourth-order valence-electron chi connectivity index (χ4n) is 1.39. The highest BCUT2D eigenvalue weighted by Gasteiger charge is 2.18. The van der Waals surface area contributed by atoms with Gasteiger partial charge in [-0.2, -0.15) is 0 Å². The predicted octanol–water partition coefficient (Wildman–Crippen LogP) is 0.405. The van der Waals surface area contributed by atoms with Crippen LogP contribution in [0.1, 0.15) is 6.92 Å². The van der Waals surface area contributed by atoms with E-state index in [9.17, 15) is 18.0 Å². The quantitative estimate of drug-likeness (QED) is 0.697. The minimum absolute atomic E-state index is 0.0412. The second-order valence-electron chi connectivity index (χ2n) is 4.09. The van der Waals surface area contributed by atoms with Gasteiger partial charge in [0.1, 0.15) is 6.04 Å². The maximum atomic E-state index is 11.9. The number of ether oxygens (including phenoxy) is 1. The monoisotopic (exact) mass is 378 g/mol. The Kier molecular flexibility index (Phi) is 6.31. The van der Waals surface area contributed by atoms with Crippen molar-refractivity contribution in [1.29, 1.82) is 0 Å². The lowest BCUT2D eigenvalue weighted by Gasteiger charge is -2.12. The van der Waals surface area contributed by atoms with Gasteiger partial charge in [-0.05, 0) is 31.2 Å². The Labute approximate surface area is 131 Å². The van der Waals surface area contributed by atoms with E-state index in [4.69, 9.17) is 0 Å². The van der Waals surface area contributed by atoms with E-state index < -0.39 is 34.5 Å². The number of methoxy groups -OCH3 is 1. The summed E-state index contributed by atoms with van der Waals surface area (Å²) in [5.74, 6) is -1.24. The molecule has 0 heterocycles. The smallest absolute Gasteiger partial charge is 0.328 e. The first kappa shape index (κ1) is 17.6. The minimum Gasteiger partial charge on any atom is -0.467 e. The first-order valence-corrected chi connectivity index (χ1v) is 8.16. The molecule has 116 valence electrons. The molecule has 1 atom stereocenters. The number of sulfonamides is 1. The molecule has 0 aliphatic heterocycles. The molecule has 21 heavy (non-hydrogen) atoms. The Morgan fingerprint density at radius 2 is 1.86 bits per heavy atom. The van der Waals surface area contributed by atoms with Crippen molar-refractivity contribution in [2.75, 3.05) is 13.7 Å². The number of esters is 1. The van der Waals surface area contributed by atoms with Crippen LogP contribution in [0.4, 0.5) is 0 Å². The van der Waals surface area contributed by atoms with Gasteiger partial charge in [0.25, 0.3) is 0 Å². The second kappa shape index (κ2) is 7.53. The number of carbonyl (C=O) groups excluding carboxylic acids is 2. The molecule has 1 unspecified atom stereocenters. The van der Waals surface area contributed by atoms with Crippen LogP contribution in [0.3, 0.4) is 0 Å². The molecule has 0 spiro atoms. The Morgan fingerprint density at radius 1 is 1.29 bits per heavy atom. The number of hydrogen-bond acceptors (Lipinski definition) is 5. The SMILES string of the molecule is COC(=O)C(C)NC(=O)CNS(=O)(=O)c1ccc(Br)cc1. The third-order valence-corrected chi connectivity index (χ3v) is 4.42. The molecule has 7 nitrogen and oxygen atoms in total. The molecule has 0 aliphatic carbocycles. The average molecular weight is 379 g/mol. The molecule has 0 fully saturated rings. The van der Waals surface area contributed by atoms with E-state index >= 15 is 0 Å². The van der Waals surface area contributed by atoms with E-state index in [0.717, 1.165) is 4.47 Å². The maximum Gasteiger partial charge on any atom is 0.328 e. The highest BCUT2D eigenvalue weighted by molar-refractivity contribution is 9.10. The van der Waals surface area contributed by atoms with Crippen molar-refractivity contribution in [3.63, 3.8) is 0 Å². The van der Waals surface area contributed by atoms with Crippen LogP contribution in [-0.4, -0.2) is 40.0 Å². The number of hydrogen-bond donors (Lipinski definition) is 2. The fraction of sp³-hybridized carbons (Fsp3) is 0.333. The van der Waals surface area contributed by atoms with Gasteiger partial charge in [0.2, 0.25) is 15.9 Å². The number of rotatable bonds is 6. The summed E-state index contributed by atoms with van der Waals surface area (Å²) < 4.78 is 31.2. The molecular formula is C12H15BrN2O5S. The van der Waals surface area contributed by atoms with Gasteiger partial charge in [-0.3, -0.25) is 4.79 Å². The number of amides is 1. The lowest BCUT2D eigenvalue weighted by molar-refractivity contribution is -0.144. The van der Waals surface area contributed by atoms with E-state index in [-0.39, 0.29) is 4.90 Å². The largest absolute Gasteiger partial charge is 0.467 e. The zero-order chi connectivity index (χ0) is 16.0. The summed E-state index contributed by atoms with van der Waals surface area (Å²) in [4.78, 5) is 22.7. The molecule has 1 aromatic carbocycles. The van der Waals surface area contributed by atoms with E-state index in [1.807, 2.05) is 0 Å². The van der Waals surface area contributed by atoms with Crippen molar-refractivity contribution >= 4 is 37.8 Å². The van der Waals surface area contributed by atoms with Crippen LogP contribution in [0.25, 0.3) is 0 Å². The lowest BCUT2D eigenvalue weighted by atomic mass is 10.3. The van der Waals surface area contributed by atoms with Gasteiger partial charge in [0.15, 0.2) is 0 Å². The normalized spacial score (nSPS) is 12.5. The molecule has 0 saturated heterocycles. The Hall–Kier alpha value is -1.45. The number of halogens is 1. The highest BCUT2D eigenvalue weighted by atomic mass is 79.9. The molecule has 1 rings (SSSR count). The van der Waals surface area contributed by atoms with Crippen molar-refractivity contribution in [3.8, 4) is 0 Å². The van der Waals surface area contributed by atoms with Crippen LogP contribution in [0.5, 0.6) is 0 Å². The van der Waals surface area contributed by atoms with Crippen molar-refractivity contribution in [2.24, 2.45) is 0 Å². The molecule has 0 radical (unpaired) electrons. The lowest BCUT2D eigenvalue weighted by Crippen LogP contribution is -2.44. The van der Waals surface area contributed by atoms with Gasteiger partial charge in [-0.25, -0.2) is 17.9 Å². The molecule has 1 aromatic rings. The Balaban J connectivity index is 2.59. The molecule has 0 saturated carbocycles. The van der Waals surface area contributed by atoms with Crippen LogP contribution in [0.15, 0.2) is 33.6 Å². The molecule has 0 aliphatic rings. The zero-order valence-electron chi connectivity index (χ0n) is 11.4. The van der Waals surface area contributed by atoms with Crippen LogP contribution in [0, 0.1) is 0 Å². The van der Waals surface area contributed by atoms with Gasteiger partial charge in [0, 0.05) is 4.47 Å². The molecule has 0 bridgehead atoms. The molecule has 2 N–H and O–H groups in total. The van der Waals surface area contributed by atoms with E-state index in [1.165, 1.54) is 26.2 Å². The van der Waals surface area contributed by atoms with Crippen molar-refractivity contribution in [1.82, 2.24) is 10.0 Å².